The SMILES string of the molecule is Nc1c(NNC(=O)c2ccccc2Cl)ncnc1Nc1cc(Cl)cc(Cl)c1. The Morgan fingerprint density at radius 3 is 2.33 bits per heavy atom. The van der Waals surface area contributed by atoms with Crippen LogP contribution in [0.1, 0.15) is 10.4 Å². The molecule has 1 heterocycles. The van der Waals surface area contributed by atoms with Gasteiger partial charge in [-0.15, -0.1) is 0 Å². The summed E-state index contributed by atoms with van der Waals surface area (Å²) in [6, 6.07) is 11.6. The van der Waals surface area contributed by atoms with E-state index in [1.165, 1.54) is 6.33 Å². The van der Waals surface area contributed by atoms with Gasteiger partial charge in [0.1, 0.15) is 12.0 Å². The number of hydrogen-bond acceptors (Lipinski definition) is 6. The Morgan fingerprint density at radius 1 is 0.963 bits per heavy atom. The van der Waals surface area contributed by atoms with Gasteiger partial charge in [-0.2, -0.15) is 0 Å². The molecule has 1 amide bonds. The summed E-state index contributed by atoms with van der Waals surface area (Å²) in [5, 5.41) is 4.25. The molecule has 1 aromatic heterocycles. The third kappa shape index (κ3) is 4.71. The lowest BCUT2D eigenvalue weighted by Gasteiger charge is -2.13. The molecule has 27 heavy (non-hydrogen) atoms. The molecule has 138 valence electrons. The van der Waals surface area contributed by atoms with Gasteiger partial charge >= 0.3 is 0 Å². The van der Waals surface area contributed by atoms with Crippen molar-refractivity contribution in [1.29, 1.82) is 0 Å². The van der Waals surface area contributed by atoms with E-state index in [9.17, 15) is 4.79 Å². The first-order valence-electron chi connectivity index (χ1n) is 7.58. The maximum Gasteiger partial charge on any atom is 0.271 e. The van der Waals surface area contributed by atoms with Gasteiger partial charge in [0, 0.05) is 15.7 Å². The molecule has 0 spiro atoms. The monoisotopic (exact) mass is 422 g/mol. The predicted molar refractivity (Wildman–Crippen MR) is 109 cm³/mol. The summed E-state index contributed by atoms with van der Waals surface area (Å²) < 4.78 is 0. The predicted octanol–water partition coefficient (Wildman–Crippen LogP) is 4.52. The van der Waals surface area contributed by atoms with Crippen molar-refractivity contribution in [3.8, 4) is 0 Å². The van der Waals surface area contributed by atoms with Gasteiger partial charge in [-0.3, -0.25) is 15.6 Å². The second-order valence-electron chi connectivity index (χ2n) is 5.33. The van der Waals surface area contributed by atoms with Crippen LogP contribution in [0.4, 0.5) is 23.0 Å². The summed E-state index contributed by atoms with van der Waals surface area (Å²) in [4.78, 5) is 20.3. The second-order valence-corrected chi connectivity index (χ2v) is 6.61. The highest BCUT2D eigenvalue weighted by atomic mass is 35.5. The first kappa shape index (κ1) is 19.0. The van der Waals surface area contributed by atoms with Gasteiger partial charge in [0.05, 0.1) is 10.6 Å². The zero-order valence-corrected chi connectivity index (χ0v) is 15.9. The molecule has 0 saturated carbocycles. The minimum absolute atomic E-state index is 0.188. The van der Waals surface area contributed by atoms with Crippen LogP contribution in [0.5, 0.6) is 0 Å². The summed E-state index contributed by atoms with van der Waals surface area (Å²) in [5.41, 5.74) is 12.3. The number of nitrogens with one attached hydrogen (secondary N) is 3. The fraction of sp³-hybridized carbons (Fsp3) is 0. The Balaban J connectivity index is 1.75. The van der Waals surface area contributed by atoms with E-state index in [1.54, 1.807) is 42.5 Å². The Labute approximate surface area is 169 Å². The quantitative estimate of drug-likeness (QED) is 0.450. The number of aromatic nitrogens is 2. The number of amides is 1. The Hall–Kier alpha value is -2.74. The molecule has 0 fully saturated rings. The lowest BCUT2D eigenvalue weighted by molar-refractivity contribution is 0.0962. The van der Waals surface area contributed by atoms with E-state index in [2.05, 4.69) is 26.1 Å². The van der Waals surface area contributed by atoms with Crippen molar-refractivity contribution in [1.82, 2.24) is 15.4 Å². The number of nitrogens with zero attached hydrogens (tertiary/aromatic N) is 2. The van der Waals surface area contributed by atoms with E-state index in [0.717, 1.165) is 0 Å². The minimum atomic E-state index is -0.435. The molecule has 3 aromatic rings. The molecular formula is C17H13Cl3N6O. The van der Waals surface area contributed by atoms with Gasteiger partial charge in [-0.25, -0.2) is 9.97 Å². The summed E-state index contributed by atoms with van der Waals surface area (Å²) in [6.45, 7) is 0. The number of hydrogen-bond donors (Lipinski definition) is 4. The summed E-state index contributed by atoms with van der Waals surface area (Å²) in [5.74, 6) is 0.0913. The molecule has 10 heteroatoms. The van der Waals surface area contributed by atoms with Crippen molar-refractivity contribution >= 4 is 63.7 Å². The number of hydrazine groups is 1. The summed E-state index contributed by atoms with van der Waals surface area (Å²) in [7, 11) is 0. The lowest BCUT2D eigenvalue weighted by Crippen LogP contribution is -2.30. The zero-order valence-electron chi connectivity index (χ0n) is 13.6. The molecule has 0 aliphatic heterocycles. The zero-order chi connectivity index (χ0) is 19.4. The fourth-order valence-corrected chi connectivity index (χ4v) is 2.93. The fourth-order valence-electron chi connectivity index (χ4n) is 2.19. The van der Waals surface area contributed by atoms with E-state index in [0.29, 0.717) is 32.1 Å². The molecule has 7 nitrogen and oxygen atoms in total. The van der Waals surface area contributed by atoms with Crippen LogP contribution in [0.2, 0.25) is 15.1 Å². The van der Waals surface area contributed by atoms with Crippen molar-refractivity contribution in [2.75, 3.05) is 16.5 Å². The number of anilines is 4. The lowest BCUT2D eigenvalue weighted by atomic mass is 10.2. The van der Waals surface area contributed by atoms with Crippen molar-refractivity contribution in [3.63, 3.8) is 0 Å². The van der Waals surface area contributed by atoms with Crippen LogP contribution in [0.3, 0.4) is 0 Å². The van der Waals surface area contributed by atoms with Gasteiger partial charge in [-0.05, 0) is 30.3 Å². The van der Waals surface area contributed by atoms with Gasteiger partial charge in [0.25, 0.3) is 5.91 Å². The largest absolute Gasteiger partial charge is 0.393 e. The average molecular weight is 424 g/mol. The highest BCUT2D eigenvalue weighted by molar-refractivity contribution is 6.35. The van der Waals surface area contributed by atoms with Crippen LogP contribution in [-0.4, -0.2) is 15.9 Å². The number of nitrogen functional groups attached to an aromatic ring is 1. The summed E-state index contributed by atoms with van der Waals surface area (Å²) >= 11 is 18.0. The topological polar surface area (TPSA) is 105 Å². The van der Waals surface area contributed by atoms with Crippen LogP contribution in [0.15, 0.2) is 48.8 Å². The van der Waals surface area contributed by atoms with E-state index in [4.69, 9.17) is 40.5 Å². The molecule has 0 saturated heterocycles. The number of halogens is 3. The van der Waals surface area contributed by atoms with E-state index >= 15 is 0 Å². The highest BCUT2D eigenvalue weighted by Gasteiger charge is 2.12. The number of benzene rings is 2. The van der Waals surface area contributed by atoms with Gasteiger partial charge in [0.15, 0.2) is 11.6 Å². The van der Waals surface area contributed by atoms with Gasteiger partial charge in [-0.1, -0.05) is 46.9 Å². The Morgan fingerprint density at radius 2 is 1.63 bits per heavy atom. The number of rotatable bonds is 5. The molecule has 0 bridgehead atoms. The van der Waals surface area contributed by atoms with Crippen molar-refractivity contribution in [2.45, 2.75) is 0 Å². The van der Waals surface area contributed by atoms with Crippen molar-refractivity contribution in [3.05, 3.63) is 69.4 Å². The molecule has 0 aliphatic carbocycles. The second kappa shape index (κ2) is 8.30. The van der Waals surface area contributed by atoms with E-state index < -0.39 is 5.91 Å². The van der Waals surface area contributed by atoms with Crippen LogP contribution in [-0.2, 0) is 0 Å². The van der Waals surface area contributed by atoms with Crippen LogP contribution >= 0.6 is 34.8 Å². The summed E-state index contributed by atoms with van der Waals surface area (Å²) in [6.07, 6.45) is 1.29. The van der Waals surface area contributed by atoms with Crippen LogP contribution in [0, 0.1) is 0 Å². The highest BCUT2D eigenvalue weighted by Crippen LogP contribution is 2.28. The van der Waals surface area contributed by atoms with Crippen LogP contribution < -0.4 is 21.9 Å². The van der Waals surface area contributed by atoms with Gasteiger partial charge in [0.2, 0.25) is 0 Å². The third-order valence-electron chi connectivity index (χ3n) is 3.42. The van der Waals surface area contributed by atoms with Gasteiger partial charge < -0.3 is 11.1 Å². The molecule has 5 N–H and O–H groups in total. The molecule has 2 aromatic carbocycles. The maximum atomic E-state index is 12.2. The van der Waals surface area contributed by atoms with E-state index in [1.807, 2.05) is 0 Å². The normalized spacial score (nSPS) is 10.3. The molecule has 0 radical (unpaired) electrons. The molecule has 0 unspecified atom stereocenters. The number of carbonyl (C=O) groups excluding carboxylic acids is 1. The smallest absolute Gasteiger partial charge is 0.271 e. The van der Waals surface area contributed by atoms with Crippen molar-refractivity contribution in [2.24, 2.45) is 0 Å². The average Bonchev–Trinajstić information content (AvgIpc) is 2.62. The molecule has 0 atom stereocenters. The Kier molecular flexibility index (Phi) is 5.85. The first-order valence-corrected chi connectivity index (χ1v) is 8.72. The minimum Gasteiger partial charge on any atom is -0.393 e. The number of nitrogens with two attached hydrogens (primary N) is 1. The molecule has 3 rings (SSSR count). The molecular weight excluding hydrogens is 411 g/mol. The Bertz CT molecular complexity index is 978. The maximum absolute atomic E-state index is 12.2. The number of carbonyl (C=O) groups is 1. The first-order chi connectivity index (χ1) is 12.9. The van der Waals surface area contributed by atoms with E-state index in [-0.39, 0.29) is 11.5 Å². The third-order valence-corrected chi connectivity index (χ3v) is 4.19. The molecule has 0 aliphatic rings. The van der Waals surface area contributed by atoms with Crippen molar-refractivity contribution < 1.29 is 4.79 Å². The van der Waals surface area contributed by atoms with Crippen LogP contribution in [0.25, 0.3) is 0 Å². The standard InChI is InChI=1S/C17H13Cl3N6O/c18-9-5-10(19)7-11(6-9)24-15-14(21)16(23-8-22-15)25-26-17(27)12-3-1-2-4-13(12)20/h1-8H,21H2,(H,26,27)(H2,22,23,24,25).